The molecule has 0 unspecified atom stereocenters. The van der Waals surface area contributed by atoms with Gasteiger partial charge in [-0.15, -0.1) is 11.3 Å². The first-order valence-corrected chi connectivity index (χ1v) is 8.88. The molecule has 0 atom stereocenters. The molecule has 5 heteroatoms. The summed E-state index contributed by atoms with van der Waals surface area (Å²) in [5, 5.41) is 5.96. The second-order valence-electron chi connectivity index (χ2n) is 5.35. The van der Waals surface area contributed by atoms with Gasteiger partial charge in [0, 0.05) is 33.8 Å². The van der Waals surface area contributed by atoms with Crippen LogP contribution in [0.1, 0.15) is 46.8 Å². The highest BCUT2D eigenvalue weighted by Gasteiger charge is 2.29. The van der Waals surface area contributed by atoms with Crippen molar-refractivity contribution in [3.05, 3.63) is 49.4 Å². The molecule has 21 heavy (non-hydrogen) atoms. The molecule has 1 aromatic heterocycles. The second kappa shape index (κ2) is 6.66. The van der Waals surface area contributed by atoms with E-state index in [0.717, 1.165) is 40.1 Å². The fourth-order valence-corrected chi connectivity index (χ4v) is 4.05. The third-order valence-corrected chi connectivity index (χ3v) is 5.44. The van der Waals surface area contributed by atoms with Crippen LogP contribution in [0.25, 0.3) is 0 Å². The van der Waals surface area contributed by atoms with Gasteiger partial charge in [-0.2, -0.15) is 0 Å². The van der Waals surface area contributed by atoms with E-state index in [1.54, 1.807) is 11.3 Å². The number of halogens is 2. The SMILES string of the molecule is CCNCc1sc(Cc2c(Cl)cccc2Cl)nc1C1CC1. The van der Waals surface area contributed by atoms with Gasteiger partial charge < -0.3 is 5.32 Å². The first kappa shape index (κ1) is 15.3. The molecule has 3 rings (SSSR count). The number of thiazole rings is 1. The van der Waals surface area contributed by atoms with Crippen LogP contribution < -0.4 is 5.32 Å². The molecule has 1 fully saturated rings. The number of benzene rings is 1. The van der Waals surface area contributed by atoms with E-state index in [2.05, 4.69) is 12.2 Å². The minimum Gasteiger partial charge on any atom is -0.312 e. The summed E-state index contributed by atoms with van der Waals surface area (Å²) in [7, 11) is 0. The highest BCUT2D eigenvalue weighted by atomic mass is 35.5. The van der Waals surface area contributed by atoms with E-state index in [1.807, 2.05) is 18.2 Å². The first-order chi connectivity index (χ1) is 10.2. The third kappa shape index (κ3) is 3.59. The lowest BCUT2D eigenvalue weighted by atomic mass is 10.1. The molecule has 1 heterocycles. The lowest BCUT2D eigenvalue weighted by Gasteiger charge is -2.04. The molecule has 0 saturated heterocycles. The average molecular weight is 341 g/mol. The van der Waals surface area contributed by atoms with Crippen LogP contribution in [0.2, 0.25) is 10.0 Å². The van der Waals surface area contributed by atoms with Crippen molar-refractivity contribution in [2.75, 3.05) is 6.54 Å². The topological polar surface area (TPSA) is 24.9 Å². The maximum Gasteiger partial charge on any atom is 0.0976 e. The summed E-state index contributed by atoms with van der Waals surface area (Å²) in [6, 6.07) is 5.65. The Morgan fingerprint density at radius 2 is 2.00 bits per heavy atom. The number of nitrogens with zero attached hydrogens (tertiary/aromatic N) is 1. The van der Waals surface area contributed by atoms with Gasteiger partial charge in [-0.1, -0.05) is 36.2 Å². The summed E-state index contributed by atoms with van der Waals surface area (Å²) >= 11 is 14.3. The average Bonchev–Trinajstić information content (AvgIpc) is 3.23. The Morgan fingerprint density at radius 3 is 2.62 bits per heavy atom. The van der Waals surface area contributed by atoms with E-state index >= 15 is 0 Å². The number of aromatic nitrogens is 1. The Kier molecular flexibility index (Phi) is 4.85. The van der Waals surface area contributed by atoms with Crippen LogP contribution in [0.5, 0.6) is 0 Å². The van der Waals surface area contributed by atoms with Crippen molar-refractivity contribution in [1.29, 1.82) is 0 Å². The van der Waals surface area contributed by atoms with Gasteiger partial charge in [0.15, 0.2) is 0 Å². The van der Waals surface area contributed by atoms with Gasteiger partial charge in [0.1, 0.15) is 0 Å². The van der Waals surface area contributed by atoms with Crippen molar-refractivity contribution >= 4 is 34.5 Å². The molecule has 0 aliphatic heterocycles. The summed E-state index contributed by atoms with van der Waals surface area (Å²) in [5.41, 5.74) is 2.27. The summed E-state index contributed by atoms with van der Waals surface area (Å²) in [6.07, 6.45) is 3.26. The molecule has 0 radical (unpaired) electrons. The highest BCUT2D eigenvalue weighted by molar-refractivity contribution is 7.11. The second-order valence-corrected chi connectivity index (χ2v) is 7.33. The fraction of sp³-hybridized carbons (Fsp3) is 0.438. The molecule has 0 spiro atoms. The van der Waals surface area contributed by atoms with E-state index in [0.29, 0.717) is 5.92 Å². The van der Waals surface area contributed by atoms with Crippen molar-refractivity contribution in [1.82, 2.24) is 10.3 Å². The molecule has 1 aliphatic rings. The number of rotatable bonds is 6. The molecule has 1 saturated carbocycles. The molecule has 0 bridgehead atoms. The van der Waals surface area contributed by atoms with Crippen LogP contribution in [0.4, 0.5) is 0 Å². The zero-order valence-electron chi connectivity index (χ0n) is 12.0. The molecule has 2 aromatic rings. The quantitative estimate of drug-likeness (QED) is 0.797. The minimum atomic E-state index is 0.672. The lowest BCUT2D eigenvalue weighted by Crippen LogP contribution is -2.11. The van der Waals surface area contributed by atoms with Gasteiger partial charge in [0.2, 0.25) is 0 Å². The van der Waals surface area contributed by atoms with Gasteiger partial charge in [-0.05, 0) is 37.1 Å². The number of hydrogen-bond donors (Lipinski definition) is 1. The van der Waals surface area contributed by atoms with E-state index in [1.165, 1.54) is 23.4 Å². The summed E-state index contributed by atoms with van der Waals surface area (Å²) < 4.78 is 0. The Labute approximate surface area is 139 Å². The Balaban J connectivity index is 1.85. The third-order valence-electron chi connectivity index (χ3n) is 3.66. The van der Waals surface area contributed by atoms with Crippen LogP contribution in [0, 0.1) is 0 Å². The lowest BCUT2D eigenvalue weighted by molar-refractivity contribution is 0.726. The predicted molar refractivity (Wildman–Crippen MR) is 90.7 cm³/mol. The van der Waals surface area contributed by atoms with E-state index in [9.17, 15) is 0 Å². The van der Waals surface area contributed by atoms with Crippen molar-refractivity contribution in [3.8, 4) is 0 Å². The maximum absolute atomic E-state index is 6.26. The van der Waals surface area contributed by atoms with Crippen molar-refractivity contribution in [2.45, 2.75) is 38.6 Å². The van der Waals surface area contributed by atoms with Gasteiger partial charge in [0.25, 0.3) is 0 Å². The molecule has 1 aliphatic carbocycles. The van der Waals surface area contributed by atoms with Gasteiger partial charge >= 0.3 is 0 Å². The molecular weight excluding hydrogens is 323 g/mol. The van der Waals surface area contributed by atoms with Gasteiger partial charge in [-0.25, -0.2) is 4.98 Å². The van der Waals surface area contributed by atoms with Crippen molar-refractivity contribution < 1.29 is 0 Å². The maximum atomic E-state index is 6.26. The fourth-order valence-electron chi connectivity index (χ4n) is 2.38. The first-order valence-electron chi connectivity index (χ1n) is 7.31. The highest BCUT2D eigenvalue weighted by Crippen LogP contribution is 2.43. The smallest absolute Gasteiger partial charge is 0.0976 e. The van der Waals surface area contributed by atoms with E-state index in [-0.39, 0.29) is 0 Å². The Hall–Kier alpha value is -0.610. The molecule has 112 valence electrons. The molecule has 2 nitrogen and oxygen atoms in total. The molecule has 1 N–H and O–H groups in total. The van der Waals surface area contributed by atoms with E-state index < -0.39 is 0 Å². The Morgan fingerprint density at radius 1 is 1.29 bits per heavy atom. The van der Waals surface area contributed by atoms with E-state index in [4.69, 9.17) is 28.2 Å². The van der Waals surface area contributed by atoms with Crippen LogP contribution in [-0.4, -0.2) is 11.5 Å². The summed E-state index contributed by atoms with van der Waals surface area (Å²) in [5.74, 6) is 0.672. The molecule has 1 aromatic carbocycles. The van der Waals surface area contributed by atoms with Gasteiger partial charge in [-0.3, -0.25) is 0 Å². The number of hydrogen-bond acceptors (Lipinski definition) is 3. The van der Waals surface area contributed by atoms with Crippen molar-refractivity contribution in [2.24, 2.45) is 0 Å². The largest absolute Gasteiger partial charge is 0.312 e. The summed E-state index contributed by atoms with van der Waals surface area (Å²) in [4.78, 5) is 6.24. The summed E-state index contributed by atoms with van der Waals surface area (Å²) in [6.45, 7) is 4.02. The predicted octanol–water partition coefficient (Wildman–Crippen LogP) is 5.03. The molecular formula is C16H18Cl2N2S. The normalized spacial score (nSPS) is 14.6. The Bertz CT molecular complexity index is 615. The zero-order chi connectivity index (χ0) is 14.8. The monoisotopic (exact) mass is 340 g/mol. The van der Waals surface area contributed by atoms with Crippen LogP contribution in [0.3, 0.4) is 0 Å². The number of nitrogens with one attached hydrogen (secondary N) is 1. The van der Waals surface area contributed by atoms with Crippen LogP contribution in [0.15, 0.2) is 18.2 Å². The standard InChI is InChI=1S/C16H18Cl2N2S/c1-2-19-9-14-16(10-6-7-10)20-15(21-14)8-11-12(17)4-3-5-13(11)18/h3-5,10,19H,2,6-9H2,1H3. The minimum absolute atomic E-state index is 0.672. The van der Waals surface area contributed by atoms with Crippen molar-refractivity contribution in [3.63, 3.8) is 0 Å². The van der Waals surface area contributed by atoms with Crippen LogP contribution in [-0.2, 0) is 13.0 Å². The molecule has 0 amide bonds. The van der Waals surface area contributed by atoms with Gasteiger partial charge in [0.05, 0.1) is 10.7 Å². The van der Waals surface area contributed by atoms with Crippen LogP contribution >= 0.6 is 34.5 Å². The zero-order valence-corrected chi connectivity index (χ0v) is 14.3.